The van der Waals surface area contributed by atoms with Crippen LogP contribution in [0.25, 0.3) is 11.0 Å². The first-order valence-corrected chi connectivity index (χ1v) is 6.82. The van der Waals surface area contributed by atoms with Gasteiger partial charge < -0.3 is 18.6 Å². The summed E-state index contributed by atoms with van der Waals surface area (Å²) in [6, 6.07) is 4.82. The summed E-state index contributed by atoms with van der Waals surface area (Å²) in [5, 5.41) is 0.756. The fourth-order valence-electron chi connectivity index (χ4n) is 2.62. The quantitative estimate of drug-likeness (QED) is 0.639. The third-order valence-corrected chi connectivity index (χ3v) is 3.92. The van der Waals surface area contributed by atoms with E-state index in [0.29, 0.717) is 23.5 Å². The Morgan fingerprint density at radius 1 is 1.24 bits per heavy atom. The lowest BCUT2D eigenvalue weighted by Gasteiger charge is -2.15. The van der Waals surface area contributed by atoms with Gasteiger partial charge in [0.05, 0.1) is 31.3 Å². The van der Waals surface area contributed by atoms with Gasteiger partial charge in [0.25, 0.3) is 0 Å². The van der Waals surface area contributed by atoms with Gasteiger partial charge in [-0.05, 0) is 19.9 Å². The first-order valence-electron chi connectivity index (χ1n) is 6.82. The molecule has 1 aliphatic heterocycles. The summed E-state index contributed by atoms with van der Waals surface area (Å²) < 4.78 is 21.8. The summed E-state index contributed by atoms with van der Waals surface area (Å²) in [6.45, 7) is 4.10. The summed E-state index contributed by atoms with van der Waals surface area (Å²) in [7, 11) is 3.19. The Hall–Kier alpha value is -2.01. The van der Waals surface area contributed by atoms with Crippen molar-refractivity contribution in [3.63, 3.8) is 0 Å². The van der Waals surface area contributed by atoms with Crippen LogP contribution in [0.15, 0.2) is 27.4 Å². The van der Waals surface area contributed by atoms with Gasteiger partial charge in [-0.1, -0.05) is 0 Å². The number of fused-ring (bicyclic) bond motifs is 1. The second kappa shape index (κ2) is 4.77. The lowest BCUT2D eigenvalue weighted by atomic mass is 9.99. The van der Waals surface area contributed by atoms with E-state index in [9.17, 15) is 4.79 Å². The Kier molecular flexibility index (Phi) is 3.17. The second-order valence-electron chi connectivity index (χ2n) is 5.67. The van der Waals surface area contributed by atoms with E-state index in [1.807, 2.05) is 0 Å². The maximum atomic E-state index is 11.4. The highest BCUT2D eigenvalue weighted by atomic mass is 16.6. The van der Waals surface area contributed by atoms with E-state index in [0.717, 1.165) is 10.9 Å². The maximum Gasteiger partial charge on any atom is 0.336 e. The van der Waals surface area contributed by atoms with E-state index in [1.165, 1.54) is 6.07 Å². The SMILES string of the molecule is COc1cc2oc(=O)ccc2c(OC)c1C[C@@H]1OC1(C)C. The average molecular weight is 290 g/mol. The van der Waals surface area contributed by atoms with Crippen LogP contribution < -0.4 is 15.1 Å². The minimum atomic E-state index is -0.397. The predicted molar refractivity (Wildman–Crippen MR) is 78.2 cm³/mol. The van der Waals surface area contributed by atoms with Crippen LogP contribution in [0.3, 0.4) is 0 Å². The molecule has 1 fully saturated rings. The number of rotatable bonds is 4. The monoisotopic (exact) mass is 290 g/mol. The molecule has 0 aliphatic carbocycles. The van der Waals surface area contributed by atoms with Gasteiger partial charge in [0.2, 0.25) is 0 Å². The molecule has 1 aromatic heterocycles. The molecule has 21 heavy (non-hydrogen) atoms. The van der Waals surface area contributed by atoms with Crippen molar-refractivity contribution in [2.24, 2.45) is 0 Å². The van der Waals surface area contributed by atoms with Crippen molar-refractivity contribution in [2.45, 2.75) is 32.0 Å². The van der Waals surface area contributed by atoms with Crippen molar-refractivity contribution in [1.82, 2.24) is 0 Å². The molecular formula is C16H18O5. The molecule has 0 unspecified atom stereocenters. The van der Waals surface area contributed by atoms with E-state index < -0.39 is 5.63 Å². The Morgan fingerprint density at radius 3 is 2.52 bits per heavy atom. The molecule has 1 saturated heterocycles. The summed E-state index contributed by atoms with van der Waals surface area (Å²) in [6.07, 6.45) is 0.822. The maximum absolute atomic E-state index is 11.4. The molecule has 0 spiro atoms. The van der Waals surface area contributed by atoms with E-state index >= 15 is 0 Å². The number of epoxide rings is 1. The highest BCUT2D eigenvalue weighted by Gasteiger charge is 2.48. The summed E-state index contributed by atoms with van der Waals surface area (Å²) >= 11 is 0. The molecule has 0 N–H and O–H groups in total. The number of methoxy groups -OCH3 is 2. The van der Waals surface area contributed by atoms with Gasteiger partial charge in [-0.2, -0.15) is 0 Å². The molecule has 1 aromatic carbocycles. The Bertz CT molecular complexity index is 744. The molecule has 2 aromatic rings. The summed E-state index contributed by atoms with van der Waals surface area (Å²) in [4.78, 5) is 11.4. The normalized spacial score (nSPS) is 19.5. The van der Waals surface area contributed by atoms with E-state index in [1.54, 1.807) is 26.4 Å². The van der Waals surface area contributed by atoms with Crippen LogP contribution in [0, 0.1) is 0 Å². The van der Waals surface area contributed by atoms with Crippen molar-refractivity contribution in [1.29, 1.82) is 0 Å². The third kappa shape index (κ3) is 2.38. The molecular weight excluding hydrogens is 272 g/mol. The second-order valence-corrected chi connectivity index (χ2v) is 5.67. The molecule has 1 aliphatic rings. The minimum absolute atomic E-state index is 0.117. The minimum Gasteiger partial charge on any atom is -0.496 e. The van der Waals surface area contributed by atoms with Gasteiger partial charge in [0, 0.05) is 24.1 Å². The zero-order valence-electron chi connectivity index (χ0n) is 12.6. The van der Waals surface area contributed by atoms with Crippen LogP contribution in [-0.2, 0) is 11.2 Å². The van der Waals surface area contributed by atoms with Gasteiger partial charge in [0.15, 0.2) is 0 Å². The Balaban J connectivity index is 2.16. The molecule has 112 valence electrons. The zero-order valence-corrected chi connectivity index (χ0v) is 12.6. The van der Waals surface area contributed by atoms with Crippen molar-refractivity contribution < 1.29 is 18.6 Å². The Morgan fingerprint density at radius 2 is 1.95 bits per heavy atom. The highest BCUT2D eigenvalue weighted by molar-refractivity contribution is 5.87. The van der Waals surface area contributed by atoms with Crippen LogP contribution in [0.1, 0.15) is 19.4 Å². The van der Waals surface area contributed by atoms with Gasteiger partial charge in [-0.15, -0.1) is 0 Å². The zero-order chi connectivity index (χ0) is 15.2. The van der Waals surface area contributed by atoms with E-state index in [-0.39, 0.29) is 11.7 Å². The molecule has 1 atom stereocenters. The molecule has 0 bridgehead atoms. The first-order chi connectivity index (χ1) is 9.96. The largest absolute Gasteiger partial charge is 0.496 e. The molecule has 0 amide bonds. The average Bonchev–Trinajstić information content (AvgIpc) is 3.05. The van der Waals surface area contributed by atoms with Crippen LogP contribution in [0.2, 0.25) is 0 Å². The smallest absolute Gasteiger partial charge is 0.336 e. The topological polar surface area (TPSA) is 61.2 Å². The van der Waals surface area contributed by atoms with Crippen molar-refractivity contribution in [2.75, 3.05) is 14.2 Å². The van der Waals surface area contributed by atoms with Gasteiger partial charge >= 0.3 is 5.63 Å². The van der Waals surface area contributed by atoms with Gasteiger partial charge in [0.1, 0.15) is 17.1 Å². The fraction of sp³-hybridized carbons (Fsp3) is 0.438. The fourth-order valence-corrected chi connectivity index (χ4v) is 2.62. The Labute approximate surface area is 122 Å². The molecule has 5 heteroatoms. The lowest BCUT2D eigenvalue weighted by Crippen LogP contribution is -2.08. The predicted octanol–water partition coefficient (Wildman–Crippen LogP) is 2.53. The van der Waals surface area contributed by atoms with Crippen LogP contribution in [0.5, 0.6) is 11.5 Å². The van der Waals surface area contributed by atoms with Crippen LogP contribution in [0.4, 0.5) is 0 Å². The molecule has 5 nitrogen and oxygen atoms in total. The first kappa shape index (κ1) is 13.9. The van der Waals surface area contributed by atoms with Gasteiger partial charge in [-0.25, -0.2) is 4.79 Å². The lowest BCUT2D eigenvalue weighted by molar-refractivity contribution is 0.320. The summed E-state index contributed by atoms with van der Waals surface area (Å²) in [5.41, 5.74) is 0.868. The molecule has 0 radical (unpaired) electrons. The van der Waals surface area contributed by atoms with Crippen molar-refractivity contribution in [3.8, 4) is 11.5 Å². The number of hydrogen-bond donors (Lipinski definition) is 0. The number of hydrogen-bond acceptors (Lipinski definition) is 5. The van der Waals surface area contributed by atoms with Crippen LogP contribution in [-0.4, -0.2) is 25.9 Å². The number of benzene rings is 1. The molecule has 0 saturated carbocycles. The molecule has 3 rings (SSSR count). The van der Waals surface area contributed by atoms with Crippen molar-refractivity contribution in [3.05, 3.63) is 34.2 Å². The number of ether oxygens (including phenoxy) is 3. The third-order valence-electron chi connectivity index (χ3n) is 3.92. The summed E-state index contributed by atoms with van der Waals surface area (Å²) in [5.74, 6) is 1.31. The van der Waals surface area contributed by atoms with Crippen molar-refractivity contribution >= 4 is 11.0 Å². The standard InChI is InChI=1S/C16H18O5/c1-16(2)13(21-16)7-10-11(18-3)8-12-9(15(10)19-4)5-6-14(17)20-12/h5-6,8,13H,7H2,1-4H3/t13-/m0/s1. The van der Waals surface area contributed by atoms with E-state index in [4.69, 9.17) is 18.6 Å². The molecule has 2 heterocycles. The van der Waals surface area contributed by atoms with Gasteiger partial charge in [-0.3, -0.25) is 0 Å². The van der Waals surface area contributed by atoms with Crippen LogP contribution >= 0.6 is 0 Å². The highest BCUT2D eigenvalue weighted by Crippen LogP contribution is 2.43. The van der Waals surface area contributed by atoms with E-state index in [2.05, 4.69) is 13.8 Å².